The first-order valence-corrected chi connectivity index (χ1v) is 12.1. The fraction of sp³-hybridized carbons (Fsp3) is 0.429. The molecule has 2 aromatic carbocycles. The third-order valence-electron chi connectivity index (χ3n) is 6.38. The maximum absolute atomic E-state index is 13.7. The van der Waals surface area contributed by atoms with Crippen LogP contribution in [0.25, 0.3) is 11.0 Å². The van der Waals surface area contributed by atoms with Crippen LogP contribution < -0.4 is 10.2 Å². The van der Waals surface area contributed by atoms with E-state index in [2.05, 4.69) is 13.8 Å². The molecule has 1 amide bonds. The Labute approximate surface area is 195 Å². The highest BCUT2D eigenvalue weighted by molar-refractivity contribution is 5.99. The number of unbranched alkanes of at least 4 members (excludes halogenated alkanes) is 3. The molecule has 0 spiro atoms. The van der Waals surface area contributed by atoms with Crippen LogP contribution in [0.4, 0.5) is 0 Å². The molecule has 174 valence electrons. The molecule has 5 nitrogen and oxygen atoms in total. The summed E-state index contributed by atoms with van der Waals surface area (Å²) in [6.45, 7) is 9.42. The third kappa shape index (κ3) is 4.41. The van der Waals surface area contributed by atoms with Gasteiger partial charge in [-0.3, -0.25) is 9.59 Å². The van der Waals surface area contributed by atoms with E-state index in [0.29, 0.717) is 29.7 Å². The Bertz CT molecular complexity index is 1210. The van der Waals surface area contributed by atoms with Gasteiger partial charge in [0.25, 0.3) is 5.91 Å². The fourth-order valence-corrected chi connectivity index (χ4v) is 4.70. The molecule has 1 aromatic heterocycles. The van der Waals surface area contributed by atoms with E-state index < -0.39 is 6.04 Å². The molecule has 0 saturated carbocycles. The molecule has 0 radical (unpaired) electrons. The molecule has 33 heavy (non-hydrogen) atoms. The van der Waals surface area contributed by atoms with Crippen LogP contribution in [0.2, 0.25) is 0 Å². The van der Waals surface area contributed by atoms with Crippen molar-refractivity contribution in [1.82, 2.24) is 4.90 Å². The van der Waals surface area contributed by atoms with E-state index in [1.807, 2.05) is 50.2 Å². The zero-order valence-electron chi connectivity index (χ0n) is 20.1. The number of fused-ring (bicyclic) bond motifs is 2. The van der Waals surface area contributed by atoms with Crippen LogP contribution in [0.3, 0.4) is 0 Å². The zero-order chi connectivity index (χ0) is 23.5. The lowest BCUT2D eigenvalue weighted by molar-refractivity contribution is 0.0724. The second-order valence-corrected chi connectivity index (χ2v) is 9.01. The molecule has 1 aliphatic rings. The number of ether oxygens (including phenoxy) is 1. The highest BCUT2D eigenvalue weighted by Crippen LogP contribution is 2.39. The normalized spacial score (nSPS) is 15.3. The molecule has 5 heteroatoms. The number of aryl methyl sites for hydroxylation is 2. The predicted molar refractivity (Wildman–Crippen MR) is 131 cm³/mol. The van der Waals surface area contributed by atoms with Crippen molar-refractivity contribution in [3.8, 4) is 5.75 Å². The van der Waals surface area contributed by atoms with E-state index in [0.717, 1.165) is 54.5 Å². The van der Waals surface area contributed by atoms with Crippen LogP contribution >= 0.6 is 0 Å². The standard InChI is InChI=1S/C28H33NO4/c1-5-7-9-14-29-25(20-10-12-21(13-11-20)32-15-8-6-2)24-26(30)23-19(4)16-18(3)17-22(23)33-27(24)28(29)31/h10-13,16-17,25H,5-9,14-15H2,1-4H3. The molecule has 0 saturated heterocycles. The quantitative estimate of drug-likeness (QED) is 0.360. The highest BCUT2D eigenvalue weighted by atomic mass is 16.5. The van der Waals surface area contributed by atoms with Gasteiger partial charge in [-0.1, -0.05) is 51.3 Å². The van der Waals surface area contributed by atoms with Crippen LogP contribution in [0.1, 0.15) is 84.8 Å². The topological polar surface area (TPSA) is 59.8 Å². The summed E-state index contributed by atoms with van der Waals surface area (Å²) in [5.74, 6) is 0.779. The zero-order valence-corrected chi connectivity index (χ0v) is 20.1. The van der Waals surface area contributed by atoms with Crippen molar-refractivity contribution < 1.29 is 13.9 Å². The number of amides is 1. The maximum atomic E-state index is 13.7. The van der Waals surface area contributed by atoms with E-state index >= 15 is 0 Å². The number of rotatable bonds is 9. The van der Waals surface area contributed by atoms with Crippen molar-refractivity contribution in [3.63, 3.8) is 0 Å². The molecule has 1 atom stereocenters. The van der Waals surface area contributed by atoms with Gasteiger partial charge >= 0.3 is 0 Å². The molecule has 0 N–H and O–H groups in total. The maximum Gasteiger partial charge on any atom is 0.290 e. The average molecular weight is 448 g/mol. The molecule has 0 bridgehead atoms. The van der Waals surface area contributed by atoms with Gasteiger partial charge in [0.05, 0.1) is 23.6 Å². The molecular formula is C28H33NO4. The summed E-state index contributed by atoms with van der Waals surface area (Å²) < 4.78 is 11.9. The fourth-order valence-electron chi connectivity index (χ4n) is 4.70. The highest BCUT2D eigenvalue weighted by Gasteiger charge is 2.42. The van der Waals surface area contributed by atoms with Crippen molar-refractivity contribution >= 4 is 16.9 Å². The van der Waals surface area contributed by atoms with Gasteiger partial charge in [0, 0.05) is 6.54 Å². The van der Waals surface area contributed by atoms with Gasteiger partial charge in [-0.2, -0.15) is 0 Å². The number of nitrogens with zero attached hydrogens (tertiary/aromatic N) is 1. The Morgan fingerprint density at radius 3 is 2.39 bits per heavy atom. The van der Waals surface area contributed by atoms with Crippen LogP contribution in [-0.4, -0.2) is 24.0 Å². The molecule has 3 aromatic rings. The monoisotopic (exact) mass is 447 g/mol. The Kier molecular flexibility index (Phi) is 6.87. The summed E-state index contributed by atoms with van der Waals surface area (Å²) in [6, 6.07) is 11.2. The van der Waals surface area contributed by atoms with Crippen molar-refractivity contribution in [1.29, 1.82) is 0 Å². The molecule has 4 rings (SSSR count). The lowest BCUT2D eigenvalue weighted by Crippen LogP contribution is -2.30. The van der Waals surface area contributed by atoms with Crippen LogP contribution in [0, 0.1) is 13.8 Å². The van der Waals surface area contributed by atoms with Crippen molar-refractivity contribution in [2.75, 3.05) is 13.2 Å². The molecule has 2 heterocycles. The minimum absolute atomic E-state index is 0.108. The Morgan fingerprint density at radius 2 is 1.70 bits per heavy atom. The van der Waals surface area contributed by atoms with E-state index in [4.69, 9.17) is 9.15 Å². The number of hydrogen-bond acceptors (Lipinski definition) is 4. The molecule has 0 aliphatic carbocycles. The van der Waals surface area contributed by atoms with Gasteiger partial charge in [-0.05, 0) is 61.6 Å². The smallest absolute Gasteiger partial charge is 0.290 e. The predicted octanol–water partition coefficient (Wildman–Crippen LogP) is 6.32. The Morgan fingerprint density at radius 1 is 0.970 bits per heavy atom. The first kappa shape index (κ1) is 23.1. The van der Waals surface area contributed by atoms with Crippen LogP contribution in [0.15, 0.2) is 45.6 Å². The van der Waals surface area contributed by atoms with Gasteiger partial charge in [0.15, 0.2) is 5.43 Å². The van der Waals surface area contributed by atoms with E-state index in [9.17, 15) is 9.59 Å². The Hall–Kier alpha value is -3.08. The summed E-state index contributed by atoms with van der Waals surface area (Å²) in [4.78, 5) is 29.0. The van der Waals surface area contributed by atoms with E-state index in [1.165, 1.54) is 0 Å². The summed E-state index contributed by atoms with van der Waals surface area (Å²) in [5, 5.41) is 0.562. The van der Waals surface area contributed by atoms with Crippen LogP contribution in [0.5, 0.6) is 5.75 Å². The summed E-state index contributed by atoms with van der Waals surface area (Å²) >= 11 is 0. The second kappa shape index (κ2) is 9.82. The number of hydrogen-bond donors (Lipinski definition) is 0. The van der Waals surface area contributed by atoms with Gasteiger partial charge in [-0.25, -0.2) is 0 Å². The minimum atomic E-state index is -0.449. The Balaban J connectivity index is 1.81. The summed E-state index contributed by atoms with van der Waals surface area (Å²) in [6.07, 6.45) is 5.05. The van der Waals surface area contributed by atoms with E-state index in [1.54, 1.807) is 4.90 Å². The number of carbonyl (C=O) groups is 1. The molecular weight excluding hydrogens is 414 g/mol. The summed E-state index contributed by atoms with van der Waals surface area (Å²) in [7, 11) is 0. The van der Waals surface area contributed by atoms with Crippen molar-refractivity contribution in [3.05, 3.63) is 74.6 Å². The lowest BCUT2D eigenvalue weighted by atomic mass is 9.96. The van der Waals surface area contributed by atoms with Crippen LogP contribution in [-0.2, 0) is 0 Å². The molecule has 1 unspecified atom stereocenters. The third-order valence-corrected chi connectivity index (χ3v) is 6.38. The first-order valence-electron chi connectivity index (χ1n) is 12.1. The summed E-state index contributed by atoms with van der Waals surface area (Å²) in [5.41, 5.74) is 3.61. The average Bonchev–Trinajstić information content (AvgIpc) is 3.06. The van der Waals surface area contributed by atoms with E-state index in [-0.39, 0.29) is 17.1 Å². The first-order chi connectivity index (χ1) is 16.0. The number of carbonyl (C=O) groups excluding carboxylic acids is 1. The van der Waals surface area contributed by atoms with Gasteiger partial charge < -0.3 is 14.1 Å². The SMILES string of the molecule is CCCCCN1C(=O)c2oc3cc(C)cc(C)c3c(=O)c2C1c1ccc(OCCCC)cc1. The van der Waals surface area contributed by atoms with Gasteiger partial charge in [0.1, 0.15) is 11.3 Å². The molecule has 1 aliphatic heterocycles. The second-order valence-electron chi connectivity index (χ2n) is 9.01. The number of benzene rings is 2. The van der Waals surface area contributed by atoms with Gasteiger partial charge in [0.2, 0.25) is 5.76 Å². The minimum Gasteiger partial charge on any atom is -0.494 e. The van der Waals surface area contributed by atoms with Gasteiger partial charge in [-0.15, -0.1) is 0 Å². The van der Waals surface area contributed by atoms with Crippen molar-refractivity contribution in [2.24, 2.45) is 0 Å². The van der Waals surface area contributed by atoms with Crippen molar-refractivity contribution in [2.45, 2.75) is 65.8 Å². The lowest BCUT2D eigenvalue weighted by Gasteiger charge is -2.25. The largest absolute Gasteiger partial charge is 0.494 e. The molecule has 0 fully saturated rings.